The second kappa shape index (κ2) is 12.5. The van der Waals surface area contributed by atoms with Gasteiger partial charge in [0.2, 0.25) is 0 Å². The van der Waals surface area contributed by atoms with Crippen LogP contribution < -0.4 is 0 Å². The molecule has 5 rings (SSSR count). The van der Waals surface area contributed by atoms with Gasteiger partial charge in [-0.05, 0) is 99.0 Å². The van der Waals surface area contributed by atoms with Crippen molar-refractivity contribution < 1.29 is 38.5 Å². The summed E-state index contributed by atoms with van der Waals surface area (Å²) in [7, 11) is 0. The van der Waals surface area contributed by atoms with Gasteiger partial charge in [0.05, 0.1) is 12.2 Å². The fraction of sp³-hybridized carbons (Fsp3) is 0.684. The van der Waals surface area contributed by atoms with Gasteiger partial charge >= 0.3 is 23.9 Å². The second-order valence-corrected chi connectivity index (χ2v) is 15.4. The summed E-state index contributed by atoms with van der Waals surface area (Å²) in [5, 5.41) is 10.9. The molecule has 4 aliphatic carbocycles. The van der Waals surface area contributed by atoms with Crippen LogP contribution in [0.1, 0.15) is 117 Å². The number of carbonyl (C=O) groups is 4. The molecule has 0 amide bonds. The van der Waals surface area contributed by atoms with E-state index in [0.717, 1.165) is 44.9 Å². The largest absolute Gasteiger partial charge is 0.481 e. The van der Waals surface area contributed by atoms with E-state index in [1.807, 2.05) is 6.07 Å². The van der Waals surface area contributed by atoms with Crippen LogP contribution in [-0.2, 0) is 28.6 Å². The number of esters is 3. The maximum atomic E-state index is 13.3. The first-order valence-corrected chi connectivity index (χ1v) is 17.1. The van der Waals surface area contributed by atoms with E-state index in [1.54, 1.807) is 31.2 Å². The maximum absolute atomic E-state index is 13.3. The number of carbonyl (C=O) groups excluding carboxylic acids is 3. The van der Waals surface area contributed by atoms with Crippen molar-refractivity contribution in [2.24, 2.45) is 39.4 Å². The summed E-state index contributed by atoms with van der Waals surface area (Å²) < 4.78 is 17.4. The minimum atomic E-state index is -1.37. The number of fused-ring (bicyclic) bond motifs is 4. The van der Waals surface area contributed by atoms with Crippen molar-refractivity contribution in [1.82, 2.24) is 0 Å². The molecule has 8 nitrogen and oxygen atoms in total. The number of rotatable bonds is 9. The summed E-state index contributed by atoms with van der Waals surface area (Å²) in [5.41, 5.74) is 0.992. The lowest BCUT2D eigenvalue weighted by atomic mass is 9.42. The third-order valence-corrected chi connectivity index (χ3v) is 13.3. The van der Waals surface area contributed by atoms with E-state index in [-0.39, 0.29) is 23.2 Å². The monoisotopic (exact) mass is 636 g/mol. The van der Waals surface area contributed by atoms with Gasteiger partial charge < -0.3 is 19.3 Å². The topological polar surface area (TPSA) is 116 Å². The highest BCUT2D eigenvalue weighted by molar-refractivity contribution is 5.90. The van der Waals surface area contributed by atoms with Gasteiger partial charge in [-0.2, -0.15) is 0 Å². The van der Waals surface area contributed by atoms with Crippen molar-refractivity contribution in [3.63, 3.8) is 0 Å². The average Bonchev–Trinajstić information content (AvgIpc) is 3.28. The fourth-order valence-electron chi connectivity index (χ4n) is 10.7. The SMILES string of the molecule is CC(=O)OCCC[C@@H](C)[C@H]1CC[C@@]2(C)C3=C(CC[C@]12C)[C@]1(C)[C@@H](CC3)[C@](C)(C(=O)O)[C@@H](OC(=O)c2ccccc2)C[C@H]1OC(C)=O. The van der Waals surface area contributed by atoms with E-state index < -0.39 is 46.9 Å². The summed E-state index contributed by atoms with van der Waals surface area (Å²) in [6.07, 6.45) is 5.79. The molecule has 1 aromatic rings. The number of allylic oxidation sites excluding steroid dienone is 1. The molecule has 46 heavy (non-hydrogen) atoms. The summed E-state index contributed by atoms with van der Waals surface area (Å²) in [5.74, 6) is -1.60. The molecular weight excluding hydrogens is 584 g/mol. The van der Waals surface area contributed by atoms with Crippen molar-refractivity contribution in [2.75, 3.05) is 6.61 Å². The highest BCUT2D eigenvalue weighted by Crippen LogP contribution is 2.73. The van der Waals surface area contributed by atoms with Gasteiger partial charge in [-0.3, -0.25) is 14.4 Å². The van der Waals surface area contributed by atoms with Crippen LogP contribution >= 0.6 is 0 Å². The Morgan fingerprint density at radius 1 is 0.891 bits per heavy atom. The predicted molar refractivity (Wildman–Crippen MR) is 173 cm³/mol. The Balaban J connectivity index is 1.50. The standard InChI is InChI=1S/C38H52O8/c1-23(12-11-21-44-24(2)39)27-17-19-36(5)28-15-16-30-37(6,29(28)18-20-35(27,36)4)31(45-25(3)40)22-32(38(30,7)34(42)43)46-33(41)26-13-9-8-10-14-26/h8-10,13-14,23,27,30-32H,11-12,15-22H2,1-7H3,(H,42,43)/t23-,27-,30-,31-,32+,35-,36+,37-,38+/m1/s1. The molecule has 0 spiro atoms. The smallest absolute Gasteiger partial charge is 0.338 e. The van der Waals surface area contributed by atoms with E-state index in [0.29, 0.717) is 30.4 Å². The number of hydrogen-bond donors (Lipinski definition) is 1. The first-order chi connectivity index (χ1) is 21.6. The number of aliphatic carboxylic acids is 1. The maximum Gasteiger partial charge on any atom is 0.338 e. The normalized spacial score (nSPS) is 37.3. The number of carboxylic acid groups (broad SMARTS) is 1. The molecular formula is C38H52O8. The molecule has 9 atom stereocenters. The van der Waals surface area contributed by atoms with Crippen LogP contribution in [0, 0.1) is 39.4 Å². The van der Waals surface area contributed by atoms with Crippen LogP contribution in [0.4, 0.5) is 0 Å². The van der Waals surface area contributed by atoms with E-state index >= 15 is 0 Å². The summed E-state index contributed by atoms with van der Waals surface area (Å²) in [6, 6.07) is 8.61. The Morgan fingerprint density at radius 3 is 2.22 bits per heavy atom. The molecule has 0 radical (unpaired) electrons. The second-order valence-electron chi connectivity index (χ2n) is 15.4. The molecule has 252 valence electrons. The molecule has 1 aromatic carbocycles. The predicted octanol–water partition coefficient (Wildman–Crippen LogP) is 7.55. The summed E-state index contributed by atoms with van der Waals surface area (Å²) in [4.78, 5) is 50.4. The van der Waals surface area contributed by atoms with Gasteiger partial charge in [0.1, 0.15) is 17.6 Å². The van der Waals surface area contributed by atoms with Gasteiger partial charge in [-0.1, -0.05) is 57.0 Å². The van der Waals surface area contributed by atoms with Crippen molar-refractivity contribution >= 4 is 23.9 Å². The van der Waals surface area contributed by atoms with Crippen molar-refractivity contribution in [3.8, 4) is 0 Å². The van der Waals surface area contributed by atoms with Gasteiger partial charge in [-0.25, -0.2) is 4.79 Å². The molecule has 2 saturated carbocycles. The molecule has 0 heterocycles. The molecule has 4 aliphatic rings. The molecule has 1 N–H and O–H groups in total. The lowest BCUT2D eigenvalue weighted by molar-refractivity contribution is -0.201. The number of carboxylic acids is 1. The van der Waals surface area contributed by atoms with Crippen LogP contribution in [-0.4, -0.2) is 47.8 Å². The fourth-order valence-corrected chi connectivity index (χ4v) is 10.7. The first kappa shape index (κ1) is 34.2. The Kier molecular flexibility index (Phi) is 9.26. The van der Waals surface area contributed by atoms with Crippen molar-refractivity contribution in [1.29, 1.82) is 0 Å². The van der Waals surface area contributed by atoms with E-state index in [1.165, 1.54) is 25.0 Å². The van der Waals surface area contributed by atoms with E-state index in [4.69, 9.17) is 14.2 Å². The zero-order valence-corrected chi connectivity index (χ0v) is 28.6. The highest BCUT2D eigenvalue weighted by Gasteiger charge is 2.69. The van der Waals surface area contributed by atoms with E-state index in [2.05, 4.69) is 27.7 Å². The third kappa shape index (κ3) is 5.37. The molecule has 0 unspecified atom stereocenters. The zero-order chi connectivity index (χ0) is 33.7. The third-order valence-electron chi connectivity index (χ3n) is 13.3. The Labute approximate surface area is 273 Å². The Morgan fingerprint density at radius 2 is 1.59 bits per heavy atom. The molecule has 0 bridgehead atoms. The lowest BCUT2D eigenvalue weighted by Gasteiger charge is -2.63. The van der Waals surface area contributed by atoms with Crippen LogP contribution in [0.3, 0.4) is 0 Å². The van der Waals surface area contributed by atoms with Gasteiger partial charge in [0.25, 0.3) is 0 Å². The summed E-state index contributed by atoms with van der Waals surface area (Å²) in [6.45, 7) is 14.4. The quantitative estimate of drug-likeness (QED) is 0.128. The minimum Gasteiger partial charge on any atom is -0.481 e. The lowest BCUT2D eigenvalue weighted by Crippen LogP contribution is -2.65. The van der Waals surface area contributed by atoms with Crippen molar-refractivity contribution in [3.05, 3.63) is 47.0 Å². The molecule has 8 heteroatoms. The molecule has 0 aliphatic heterocycles. The first-order valence-electron chi connectivity index (χ1n) is 17.1. The van der Waals surface area contributed by atoms with Gasteiger partial charge in [-0.15, -0.1) is 0 Å². The summed E-state index contributed by atoms with van der Waals surface area (Å²) >= 11 is 0. The van der Waals surface area contributed by atoms with Crippen molar-refractivity contribution in [2.45, 2.75) is 118 Å². The molecule has 0 aromatic heterocycles. The van der Waals surface area contributed by atoms with Gasteiger partial charge in [0.15, 0.2) is 0 Å². The van der Waals surface area contributed by atoms with Crippen LogP contribution in [0.2, 0.25) is 0 Å². The zero-order valence-electron chi connectivity index (χ0n) is 28.6. The van der Waals surface area contributed by atoms with E-state index in [9.17, 15) is 24.3 Å². The minimum absolute atomic E-state index is 0.0552. The van der Waals surface area contributed by atoms with Crippen LogP contribution in [0.25, 0.3) is 0 Å². The van der Waals surface area contributed by atoms with Gasteiger partial charge in [0, 0.05) is 25.7 Å². The molecule has 0 saturated heterocycles. The van der Waals surface area contributed by atoms with Crippen LogP contribution in [0.5, 0.6) is 0 Å². The number of benzene rings is 1. The number of ether oxygens (including phenoxy) is 3. The van der Waals surface area contributed by atoms with Crippen LogP contribution in [0.15, 0.2) is 41.5 Å². The Bertz CT molecular complexity index is 1400. The molecule has 2 fully saturated rings. The number of hydrogen-bond acceptors (Lipinski definition) is 7. The Hall–Kier alpha value is -3.16. The highest BCUT2D eigenvalue weighted by atomic mass is 16.6. The average molecular weight is 637 g/mol.